The molecule has 0 saturated carbocycles. The molecule has 11 aromatic rings. The Morgan fingerprint density at radius 3 is 1.57 bits per heavy atom. The molecule has 1 aliphatic heterocycles. The van der Waals surface area contributed by atoms with Crippen molar-refractivity contribution in [2.45, 2.75) is 5.41 Å². The van der Waals surface area contributed by atoms with Crippen molar-refractivity contribution < 1.29 is 0 Å². The van der Waals surface area contributed by atoms with Crippen molar-refractivity contribution in [2.24, 2.45) is 0 Å². The molecule has 0 fully saturated rings. The molecule has 0 radical (unpaired) electrons. The van der Waals surface area contributed by atoms with Gasteiger partial charge < -0.3 is 4.57 Å². The van der Waals surface area contributed by atoms with Crippen molar-refractivity contribution in [3.05, 3.63) is 247 Å². The first-order valence-electron chi connectivity index (χ1n) is 21.5. The van der Waals surface area contributed by atoms with Crippen LogP contribution in [0, 0.1) is 0 Å². The van der Waals surface area contributed by atoms with Crippen LogP contribution in [0.4, 0.5) is 17.3 Å². The van der Waals surface area contributed by atoms with Crippen LogP contribution < -0.4 is 4.90 Å². The summed E-state index contributed by atoms with van der Waals surface area (Å²) in [6.07, 6.45) is 0. The fraction of sp³-hybridized carbons (Fsp3) is 0.0172. The molecule has 0 saturated heterocycles. The van der Waals surface area contributed by atoms with E-state index in [2.05, 4.69) is 198 Å². The van der Waals surface area contributed by atoms with Crippen LogP contribution in [0.1, 0.15) is 22.3 Å². The Labute approximate surface area is 364 Å². The second-order valence-corrected chi connectivity index (χ2v) is 16.3. The second kappa shape index (κ2) is 13.8. The van der Waals surface area contributed by atoms with Crippen molar-refractivity contribution in [3.63, 3.8) is 0 Å². The average molecular weight is 804 g/mol. The number of aromatic nitrogens is 4. The van der Waals surface area contributed by atoms with E-state index in [1.807, 2.05) is 36.4 Å². The Morgan fingerprint density at radius 2 is 0.905 bits per heavy atom. The molecule has 0 atom stereocenters. The van der Waals surface area contributed by atoms with Crippen molar-refractivity contribution in [1.29, 1.82) is 0 Å². The standard InChI is InChI=1S/C58H37N5/c1-4-19-38(20-5-1)41-25-18-26-42(37-41)62-49-32-15-11-28-44(49)54-52(62)36-35-48-53(54)43-27-10-12-29-45(43)58(48)46-30-13-16-33-50(46)63(51-34-17-14-31-47(51)58)57-60-55(39-21-6-2-7-22-39)59-56(61-57)40-23-8-3-9-24-40/h1-37H. The highest BCUT2D eigenvalue weighted by atomic mass is 15.3. The summed E-state index contributed by atoms with van der Waals surface area (Å²) in [5.41, 5.74) is 16.6. The lowest BCUT2D eigenvalue weighted by molar-refractivity contribution is 0.749. The van der Waals surface area contributed by atoms with Crippen LogP contribution >= 0.6 is 0 Å². The first-order chi connectivity index (χ1) is 31.3. The van der Waals surface area contributed by atoms with E-state index in [1.165, 1.54) is 66.3 Å². The first kappa shape index (κ1) is 35.4. The SMILES string of the molecule is c1ccc(-c2cccc(-n3c4ccccc4c4c5c(ccc43)C3(c4ccccc4-5)c4ccccc4N(c4nc(-c5ccccc5)nc(-c5ccccc5)n4)c4ccccc43)c2)cc1. The second-order valence-electron chi connectivity index (χ2n) is 16.3. The number of hydrogen-bond acceptors (Lipinski definition) is 4. The van der Waals surface area contributed by atoms with Crippen LogP contribution in [0.15, 0.2) is 224 Å². The van der Waals surface area contributed by atoms with Crippen LogP contribution in [0.2, 0.25) is 0 Å². The Bertz CT molecular complexity index is 3470. The topological polar surface area (TPSA) is 46.8 Å². The van der Waals surface area contributed by atoms with E-state index in [-0.39, 0.29) is 0 Å². The third-order valence-corrected chi connectivity index (χ3v) is 13.0. The predicted octanol–water partition coefficient (Wildman–Crippen LogP) is 14.1. The van der Waals surface area contributed by atoms with Crippen LogP contribution in [0.5, 0.6) is 0 Å². The zero-order valence-electron chi connectivity index (χ0n) is 34.1. The molecule has 0 amide bonds. The number of hydrogen-bond donors (Lipinski definition) is 0. The van der Waals surface area contributed by atoms with Crippen LogP contribution in [0.3, 0.4) is 0 Å². The molecule has 294 valence electrons. The molecule has 2 aliphatic rings. The molecule has 9 aromatic carbocycles. The normalized spacial score (nSPS) is 13.2. The monoisotopic (exact) mass is 803 g/mol. The highest BCUT2D eigenvalue weighted by molar-refractivity contribution is 6.19. The molecule has 1 spiro atoms. The van der Waals surface area contributed by atoms with Crippen LogP contribution in [0.25, 0.3) is 72.5 Å². The highest BCUT2D eigenvalue weighted by Crippen LogP contribution is 2.64. The molecule has 1 aliphatic carbocycles. The van der Waals surface area contributed by atoms with E-state index in [1.54, 1.807) is 0 Å². The third kappa shape index (κ3) is 5.14. The summed E-state index contributed by atoms with van der Waals surface area (Å²) in [6, 6.07) is 80.4. The third-order valence-electron chi connectivity index (χ3n) is 13.0. The zero-order chi connectivity index (χ0) is 41.5. The number of fused-ring (bicyclic) bond motifs is 13. The smallest absolute Gasteiger partial charge is 0.238 e. The van der Waals surface area contributed by atoms with E-state index in [4.69, 9.17) is 15.0 Å². The Kier molecular flexibility index (Phi) is 7.75. The molecule has 0 N–H and O–H groups in total. The van der Waals surface area contributed by atoms with E-state index >= 15 is 0 Å². The van der Waals surface area contributed by atoms with Gasteiger partial charge in [-0.25, -0.2) is 4.98 Å². The first-order valence-corrected chi connectivity index (χ1v) is 21.5. The van der Waals surface area contributed by atoms with Gasteiger partial charge in [-0.3, -0.25) is 4.90 Å². The fourth-order valence-corrected chi connectivity index (χ4v) is 10.5. The summed E-state index contributed by atoms with van der Waals surface area (Å²) in [5.74, 6) is 1.82. The molecule has 3 heterocycles. The molecule has 2 aromatic heterocycles. The van der Waals surface area contributed by atoms with E-state index in [9.17, 15) is 0 Å². The number of rotatable bonds is 5. The Hall–Kier alpha value is -8.41. The quantitative estimate of drug-likeness (QED) is 0.174. The Balaban J connectivity index is 1.09. The van der Waals surface area contributed by atoms with Gasteiger partial charge in [-0.2, -0.15) is 9.97 Å². The number of nitrogens with zero attached hydrogens (tertiary/aromatic N) is 5. The summed E-state index contributed by atoms with van der Waals surface area (Å²) in [4.78, 5) is 17.9. The van der Waals surface area contributed by atoms with Gasteiger partial charge in [0.1, 0.15) is 0 Å². The van der Waals surface area contributed by atoms with Crippen molar-refractivity contribution in [3.8, 4) is 50.7 Å². The fourth-order valence-electron chi connectivity index (χ4n) is 10.5. The average Bonchev–Trinajstić information content (AvgIpc) is 3.86. The number of anilines is 3. The molecule has 0 bridgehead atoms. The lowest BCUT2D eigenvalue weighted by Gasteiger charge is -2.44. The van der Waals surface area contributed by atoms with Gasteiger partial charge in [0.05, 0.1) is 27.8 Å². The van der Waals surface area contributed by atoms with Gasteiger partial charge in [0.2, 0.25) is 5.95 Å². The summed E-state index contributed by atoms with van der Waals surface area (Å²) in [5, 5.41) is 2.49. The molecule has 63 heavy (non-hydrogen) atoms. The van der Waals surface area contributed by atoms with Gasteiger partial charge in [-0.05, 0) is 80.9 Å². The van der Waals surface area contributed by atoms with Gasteiger partial charge in [0.15, 0.2) is 11.6 Å². The zero-order valence-corrected chi connectivity index (χ0v) is 34.1. The van der Waals surface area contributed by atoms with Crippen molar-refractivity contribution >= 4 is 39.1 Å². The van der Waals surface area contributed by atoms with Crippen molar-refractivity contribution in [2.75, 3.05) is 4.90 Å². The molecule has 0 unspecified atom stereocenters. The summed E-state index contributed by atoms with van der Waals surface area (Å²) in [6.45, 7) is 0. The van der Waals surface area contributed by atoms with Crippen LogP contribution in [-0.2, 0) is 5.41 Å². The van der Waals surface area contributed by atoms with Gasteiger partial charge in [0, 0.05) is 27.6 Å². The largest absolute Gasteiger partial charge is 0.309 e. The van der Waals surface area contributed by atoms with Gasteiger partial charge in [0.25, 0.3) is 0 Å². The molecule has 13 rings (SSSR count). The van der Waals surface area contributed by atoms with Crippen molar-refractivity contribution in [1.82, 2.24) is 19.5 Å². The minimum absolute atomic E-state index is 0.570. The number of benzene rings is 9. The lowest BCUT2D eigenvalue weighted by Crippen LogP contribution is -2.36. The maximum absolute atomic E-state index is 5.29. The molecule has 5 nitrogen and oxygen atoms in total. The molecular weight excluding hydrogens is 767 g/mol. The predicted molar refractivity (Wildman–Crippen MR) is 256 cm³/mol. The summed E-state index contributed by atoms with van der Waals surface area (Å²) in [7, 11) is 0. The molecule has 5 heteroatoms. The van der Waals surface area contributed by atoms with Gasteiger partial charge >= 0.3 is 0 Å². The lowest BCUT2D eigenvalue weighted by atomic mass is 9.64. The van der Waals surface area contributed by atoms with E-state index in [0.717, 1.165) is 28.2 Å². The Morgan fingerprint density at radius 1 is 0.365 bits per heavy atom. The summed E-state index contributed by atoms with van der Waals surface area (Å²) >= 11 is 0. The maximum atomic E-state index is 5.29. The molecular formula is C58H37N5. The van der Waals surface area contributed by atoms with E-state index in [0.29, 0.717) is 17.6 Å². The minimum atomic E-state index is -0.641. The summed E-state index contributed by atoms with van der Waals surface area (Å²) < 4.78 is 2.45. The number of para-hydroxylation sites is 3. The van der Waals surface area contributed by atoms with E-state index < -0.39 is 5.41 Å². The highest BCUT2D eigenvalue weighted by Gasteiger charge is 2.52. The maximum Gasteiger partial charge on any atom is 0.238 e. The van der Waals surface area contributed by atoms with Gasteiger partial charge in [-0.1, -0.05) is 188 Å². The van der Waals surface area contributed by atoms with Crippen LogP contribution in [-0.4, -0.2) is 19.5 Å². The minimum Gasteiger partial charge on any atom is -0.309 e. The van der Waals surface area contributed by atoms with Gasteiger partial charge in [-0.15, -0.1) is 0 Å².